The summed E-state index contributed by atoms with van der Waals surface area (Å²) in [6.07, 6.45) is 1.10. The summed E-state index contributed by atoms with van der Waals surface area (Å²) in [7, 11) is 0. The molecule has 0 aliphatic heterocycles. The third-order valence-electron chi connectivity index (χ3n) is 5.73. The summed E-state index contributed by atoms with van der Waals surface area (Å²) in [6.45, 7) is 7.82. The van der Waals surface area contributed by atoms with Crippen LogP contribution in [0.2, 0.25) is 5.02 Å². The Morgan fingerprint density at radius 3 is 1.80 bits per heavy atom. The van der Waals surface area contributed by atoms with Crippen molar-refractivity contribution in [2.24, 2.45) is 11.7 Å². The lowest BCUT2D eigenvalue weighted by molar-refractivity contribution is -0.139. The van der Waals surface area contributed by atoms with Gasteiger partial charge in [0.25, 0.3) is 0 Å². The molecule has 9 heteroatoms. The standard InChI is InChI=1S/C13H18O2.C10H12ClNO2.C8H9NO2/c1-9(2)8-11-4-6-12(7-5-11)10(3)13(14)15;11-9-3-1-7(2-4-9)8(6-12)5-10(13)14;1-6(10)9-7-2-4-8(11)5-3-7/h4-7,9-10H,8H2,1-3H3,(H,14,15);1-4,8H,5-6,12H2,(H,13,14);2-5,11H,1H3,(H,9,10). The van der Waals surface area contributed by atoms with Gasteiger partial charge < -0.3 is 26.4 Å². The molecule has 0 fully saturated rings. The molecule has 0 heterocycles. The first-order valence-electron chi connectivity index (χ1n) is 12.9. The molecule has 2 unspecified atom stereocenters. The molecule has 0 bridgehead atoms. The van der Waals surface area contributed by atoms with Gasteiger partial charge in [-0.15, -0.1) is 0 Å². The molecule has 2 atom stereocenters. The Hall–Kier alpha value is -3.88. The summed E-state index contributed by atoms with van der Waals surface area (Å²) in [5.41, 5.74) is 9.24. The quantitative estimate of drug-likeness (QED) is 0.190. The van der Waals surface area contributed by atoms with Crippen molar-refractivity contribution in [3.8, 4) is 5.75 Å². The molecule has 3 aromatic carbocycles. The number of carboxylic acids is 2. The Morgan fingerprint density at radius 2 is 1.38 bits per heavy atom. The van der Waals surface area contributed by atoms with E-state index in [1.54, 1.807) is 31.2 Å². The van der Waals surface area contributed by atoms with Crippen LogP contribution in [0.5, 0.6) is 5.75 Å². The van der Waals surface area contributed by atoms with Crippen molar-refractivity contribution >= 4 is 35.1 Å². The summed E-state index contributed by atoms with van der Waals surface area (Å²) in [5, 5.41) is 29.6. The highest BCUT2D eigenvalue weighted by Gasteiger charge is 2.14. The molecule has 0 radical (unpaired) electrons. The zero-order chi connectivity index (χ0) is 30.2. The smallest absolute Gasteiger partial charge is 0.310 e. The number of benzene rings is 3. The number of aliphatic carboxylic acids is 2. The van der Waals surface area contributed by atoms with Gasteiger partial charge in [-0.05, 0) is 78.9 Å². The average Bonchev–Trinajstić information content (AvgIpc) is 2.89. The number of carbonyl (C=O) groups excluding carboxylic acids is 1. The summed E-state index contributed by atoms with van der Waals surface area (Å²) in [5.74, 6) is -1.45. The number of aromatic hydroxyl groups is 1. The van der Waals surface area contributed by atoms with Crippen LogP contribution in [0.4, 0.5) is 5.69 Å². The molecule has 0 aliphatic rings. The number of carbonyl (C=O) groups is 3. The largest absolute Gasteiger partial charge is 0.508 e. The maximum absolute atomic E-state index is 10.8. The molecular formula is C31H39ClN2O6. The van der Waals surface area contributed by atoms with Gasteiger partial charge in [0.2, 0.25) is 5.91 Å². The van der Waals surface area contributed by atoms with Gasteiger partial charge in [0, 0.05) is 23.6 Å². The number of rotatable bonds is 9. The topological polar surface area (TPSA) is 150 Å². The van der Waals surface area contributed by atoms with Gasteiger partial charge in [-0.3, -0.25) is 14.4 Å². The Balaban J connectivity index is 0.000000304. The van der Waals surface area contributed by atoms with E-state index in [2.05, 4.69) is 19.2 Å². The maximum Gasteiger partial charge on any atom is 0.310 e. The minimum absolute atomic E-state index is 0.0537. The number of halogens is 1. The van der Waals surface area contributed by atoms with Crippen LogP contribution >= 0.6 is 11.6 Å². The second-order valence-electron chi connectivity index (χ2n) is 9.71. The summed E-state index contributed by atoms with van der Waals surface area (Å²) in [4.78, 5) is 31.8. The van der Waals surface area contributed by atoms with Gasteiger partial charge in [-0.1, -0.05) is 61.8 Å². The minimum atomic E-state index is -0.838. The second-order valence-corrected chi connectivity index (χ2v) is 10.1. The lowest BCUT2D eigenvalue weighted by Gasteiger charge is -2.12. The van der Waals surface area contributed by atoms with Crippen LogP contribution < -0.4 is 11.1 Å². The lowest BCUT2D eigenvalue weighted by atomic mass is 9.96. The monoisotopic (exact) mass is 570 g/mol. The van der Waals surface area contributed by atoms with Gasteiger partial charge in [0.15, 0.2) is 0 Å². The van der Waals surface area contributed by atoms with Crippen molar-refractivity contribution in [2.75, 3.05) is 11.9 Å². The number of amides is 1. The third-order valence-corrected chi connectivity index (χ3v) is 5.98. The SMILES string of the molecule is CC(=O)Nc1ccc(O)cc1.CC(C)Cc1ccc(C(C)C(=O)O)cc1.NCC(CC(=O)O)c1ccc(Cl)cc1. The molecule has 0 spiro atoms. The molecule has 1 amide bonds. The van der Waals surface area contributed by atoms with Gasteiger partial charge in [0.1, 0.15) is 5.75 Å². The number of hydrogen-bond donors (Lipinski definition) is 5. The van der Waals surface area contributed by atoms with Gasteiger partial charge in [-0.25, -0.2) is 0 Å². The zero-order valence-corrected chi connectivity index (χ0v) is 24.1. The zero-order valence-electron chi connectivity index (χ0n) is 23.3. The van der Waals surface area contributed by atoms with Crippen molar-refractivity contribution in [1.29, 1.82) is 0 Å². The first-order valence-corrected chi connectivity index (χ1v) is 13.3. The predicted octanol–water partition coefficient (Wildman–Crippen LogP) is 6.28. The molecule has 3 aromatic rings. The average molecular weight is 571 g/mol. The first kappa shape index (κ1) is 34.1. The van der Waals surface area contributed by atoms with E-state index in [1.165, 1.54) is 24.6 Å². The van der Waals surface area contributed by atoms with Crippen LogP contribution in [0.25, 0.3) is 0 Å². The fraction of sp³-hybridized carbons (Fsp3) is 0.323. The number of nitrogens with two attached hydrogens (primary N) is 1. The van der Waals surface area contributed by atoms with E-state index in [0.717, 1.165) is 17.5 Å². The Bertz CT molecular complexity index is 1200. The lowest BCUT2D eigenvalue weighted by Crippen LogP contribution is -2.16. The highest BCUT2D eigenvalue weighted by molar-refractivity contribution is 6.30. The predicted molar refractivity (Wildman–Crippen MR) is 159 cm³/mol. The summed E-state index contributed by atoms with van der Waals surface area (Å²) < 4.78 is 0. The Kier molecular flexibility index (Phi) is 15.1. The van der Waals surface area contributed by atoms with E-state index >= 15 is 0 Å². The van der Waals surface area contributed by atoms with E-state index in [4.69, 9.17) is 32.7 Å². The van der Waals surface area contributed by atoms with Crippen LogP contribution in [-0.4, -0.2) is 39.7 Å². The molecule has 0 saturated carbocycles. The van der Waals surface area contributed by atoms with Crippen LogP contribution in [0.15, 0.2) is 72.8 Å². The summed E-state index contributed by atoms with van der Waals surface area (Å²) >= 11 is 5.72. The van der Waals surface area contributed by atoms with Crippen molar-refractivity contribution in [2.45, 2.75) is 52.4 Å². The number of nitrogens with one attached hydrogen (secondary N) is 1. The van der Waals surface area contributed by atoms with Crippen LogP contribution in [0.3, 0.4) is 0 Å². The normalized spacial score (nSPS) is 11.7. The number of phenolic OH excluding ortho intramolecular Hbond substituents is 1. The van der Waals surface area contributed by atoms with Crippen LogP contribution in [0.1, 0.15) is 62.6 Å². The molecule has 0 aromatic heterocycles. The van der Waals surface area contributed by atoms with Crippen molar-refractivity contribution in [3.05, 3.63) is 94.5 Å². The van der Waals surface area contributed by atoms with E-state index in [1.807, 2.05) is 36.4 Å². The molecule has 0 saturated heterocycles. The maximum atomic E-state index is 10.8. The fourth-order valence-electron chi connectivity index (χ4n) is 3.59. The number of carboxylic acid groups (broad SMARTS) is 2. The van der Waals surface area contributed by atoms with E-state index < -0.39 is 17.9 Å². The fourth-order valence-corrected chi connectivity index (χ4v) is 3.71. The minimum Gasteiger partial charge on any atom is -0.508 e. The highest BCUT2D eigenvalue weighted by atomic mass is 35.5. The molecule has 216 valence electrons. The number of phenols is 1. The van der Waals surface area contributed by atoms with E-state index in [0.29, 0.717) is 23.2 Å². The Morgan fingerprint density at radius 1 is 0.850 bits per heavy atom. The van der Waals surface area contributed by atoms with Gasteiger partial charge in [-0.2, -0.15) is 0 Å². The van der Waals surface area contributed by atoms with Crippen LogP contribution in [-0.2, 0) is 20.8 Å². The third kappa shape index (κ3) is 13.8. The first-order chi connectivity index (χ1) is 18.8. The molecule has 3 rings (SSSR count). The van der Waals surface area contributed by atoms with Crippen molar-refractivity contribution in [1.82, 2.24) is 0 Å². The molecular weight excluding hydrogens is 532 g/mol. The van der Waals surface area contributed by atoms with Gasteiger partial charge in [0.05, 0.1) is 12.3 Å². The molecule has 6 N–H and O–H groups in total. The Labute approximate surface area is 240 Å². The van der Waals surface area contributed by atoms with Crippen molar-refractivity contribution in [3.63, 3.8) is 0 Å². The summed E-state index contributed by atoms with van der Waals surface area (Å²) in [6, 6.07) is 21.3. The second kappa shape index (κ2) is 17.7. The van der Waals surface area contributed by atoms with Crippen LogP contribution in [0, 0.1) is 5.92 Å². The van der Waals surface area contributed by atoms with E-state index in [9.17, 15) is 14.4 Å². The van der Waals surface area contributed by atoms with Crippen molar-refractivity contribution < 1.29 is 29.7 Å². The number of hydrogen-bond acceptors (Lipinski definition) is 5. The highest BCUT2D eigenvalue weighted by Crippen LogP contribution is 2.21. The van der Waals surface area contributed by atoms with Gasteiger partial charge >= 0.3 is 11.9 Å². The number of anilines is 1. The molecule has 8 nitrogen and oxygen atoms in total. The van der Waals surface area contributed by atoms with E-state index in [-0.39, 0.29) is 24.0 Å². The molecule has 40 heavy (non-hydrogen) atoms. The molecule has 0 aliphatic carbocycles.